The molecule has 0 spiro atoms. The molecule has 0 fully saturated rings. The van der Waals surface area contributed by atoms with Crippen LogP contribution in [0.2, 0.25) is 0 Å². The van der Waals surface area contributed by atoms with Crippen LogP contribution in [-0.2, 0) is 14.4 Å². The van der Waals surface area contributed by atoms with Gasteiger partial charge in [-0.05, 0) is 24.5 Å². The Morgan fingerprint density at radius 1 is 1.06 bits per heavy atom. The number of ketones is 1. The van der Waals surface area contributed by atoms with Crippen molar-refractivity contribution in [1.29, 1.82) is 0 Å². The molecule has 1 aliphatic rings. The maximum atomic E-state index is 11.0. The Hall–Kier alpha value is -1.99. The van der Waals surface area contributed by atoms with Crippen molar-refractivity contribution >= 4 is 17.5 Å². The molecule has 0 amide bonds. The van der Waals surface area contributed by atoms with Crippen LogP contribution >= 0.6 is 0 Å². The second-order valence-corrected chi connectivity index (χ2v) is 3.92. The second kappa shape index (κ2) is 6.56. The molecule has 2 rings (SSSR count). The first-order chi connectivity index (χ1) is 8.17. The summed E-state index contributed by atoms with van der Waals surface area (Å²) in [5.74, 6) is 0.362. The number of hydrogen-bond acceptors (Lipinski definition) is 3. The van der Waals surface area contributed by atoms with Gasteiger partial charge < -0.3 is 0 Å². The fourth-order valence-corrected chi connectivity index (χ4v) is 1.75. The highest BCUT2D eigenvalue weighted by molar-refractivity contribution is 5.86. The van der Waals surface area contributed by atoms with E-state index in [1.807, 2.05) is 0 Å². The van der Waals surface area contributed by atoms with E-state index >= 15 is 0 Å². The second-order valence-electron chi connectivity index (χ2n) is 3.92. The highest BCUT2D eigenvalue weighted by Gasteiger charge is 2.10. The minimum Gasteiger partial charge on any atom is -0.299 e. The molecule has 17 heavy (non-hydrogen) atoms. The summed E-state index contributed by atoms with van der Waals surface area (Å²) in [6.45, 7) is 2.09. The number of benzene rings is 1. The van der Waals surface area contributed by atoms with Crippen LogP contribution in [0.25, 0.3) is 5.57 Å². The van der Waals surface area contributed by atoms with Crippen LogP contribution in [0.4, 0.5) is 0 Å². The van der Waals surface area contributed by atoms with E-state index in [1.54, 1.807) is 0 Å². The average Bonchev–Trinajstić information content (AvgIpc) is 2.32. The highest BCUT2D eigenvalue weighted by atomic mass is 16.2. The molecule has 1 aromatic carbocycles. The van der Waals surface area contributed by atoms with Crippen molar-refractivity contribution in [2.24, 2.45) is 0 Å². The van der Waals surface area contributed by atoms with Gasteiger partial charge in [0.05, 0.1) is 0 Å². The molecule has 0 radical (unpaired) electrons. The van der Waals surface area contributed by atoms with Gasteiger partial charge in [0.15, 0.2) is 0 Å². The summed E-state index contributed by atoms with van der Waals surface area (Å²) in [6.07, 6.45) is 4.54. The van der Waals surface area contributed by atoms with Crippen LogP contribution in [0.3, 0.4) is 0 Å². The predicted octanol–water partition coefficient (Wildman–Crippen LogP) is 2.55. The van der Waals surface area contributed by atoms with Gasteiger partial charge in [0, 0.05) is 12.8 Å². The Balaban J connectivity index is 0.000000437. The molecule has 3 nitrogen and oxygen atoms in total. The van der Waals surface area contributed by atoms with E-state index < -0.39 is 0 Å². The molecule has 3 heteroatoms. The summed E-state index contributed by atoms with van der Waals surface area (Å²) in [6, 6.07) is 8.51. The molecule has 0 atom stereocenters. The molecule has 0 aliphatic heterocycles. The van der Waals surface area contributed by atoms with E-state index in [0.29, 0.717) is 18.6 Å². The summed E-state index contributed by atoms with van der Waals surface area (Å²) < 4.78 is 0. The lowest BCUT2D eigenvalue weighted by Gasteiger charge is -2.12. The number of carbonyl (C=O) groups excluding carboxylic acids is 3. The highest BCUT2D eigenvalue weighted by Crippen LogP contribution is 2.25. The maximum Gasteiger partial charge on any atom is 0.373 e. The maximum absolute atomic E-state index is 11.0. The first-order valence-corrected chi connectivity index (χ1v) is 5.44. The van der Waals surface area contributed by atoms with Gasteiger partial charge in [-0.15, -0.1) is 0 Å². The van der Waals surface area contributed by atoms with E-state index in [-0.39, 0.29) is 6.15 Å². The fraction of sp³-hybridized carbons (Fsp3) is 0.286. The van der Waals surface area contributed by atoms with Crippen LogP contribution < -0.4 is 0 Å². The minimum absolute atomic E-state index is 0.250. The smallest absolute Gasteiger partial charge is 0.299 e. The molecule has 88 valence electrons. The standard InChI is InChI=1S/C13H14O.CO2/c1-10-2-4-11(5-3-10)12-6-8-13(14)9-7-12;2-1-3/h2-6H,7-9H2,1H3;. The van der Waals surface area contributed by atoms with Crippen LogP contribution in [0.15, 0.2) is 30.3 Å². The van der Waals surface area contributed by atoms with E-state index in [4.69, 9.17) is 9.59 Å². The zero-order chi connectivity index (χ0) is 12.7. The lowest BCUT2D eigenvalue weighted by atomic mass is 9.93. The van der Waals surface area contributed by atoms with E-state index in [1.165, 1.54) is 16.7 Å². The van der Waals surface area contributed by atoms with Gasteiger partial charge in [0.25, 0.3) is 0 Å². The van der Waals surface area contributed by atoms with E-state index in [0.717, 1.165) is 6.42 Å². The van der Waals surface area contributed by atoms with E-state index in [2.05, 4.69) is 37.3 Å². The largest absolute Gasteiger partial charge is 0.373 e. The third kappa shape index (κ3) is 4.17. The Labute approximate surface area is 100 Å². The molecule has 0 saturated heterocycles. The molecular weight excluding hydrogens is 216 g/mol. The van der Waals surface area contributed by atoms with Crippen LogP contribution in [-0.4, -0.2) is 11.9 Å². The molecule has 0 N–H and O–H groups in total. The predicted molar refractivity (Wildman–Crippen MR) is 63.0 cm³/mol. The number of allylic oxidation sites excluding steroid dienone is 2. The quantitative estimate of drug-likeness (QED) is 0.745. The molecule has 1 aromatic rings. The summed E-state index contributed by atoms with van der Waals surface area (Å²) in [5, 5.41) is 0. The number of hydrogen-bond donors (Lipinski definition) is 0. The van der Waals surface area contributed by atoms with Crippen LogP contribution in [0, 0.1) is 6.92 Å². The summed E-state index contributed by atoms with van der Waals surface area (Å²) in [5.41, 5.74) is 3.87. The van der Waals surface area contributed by atoms with Crippen molar-refractivity contribution in [2.75, 3.05) is 0 Å². The minimum atomic E-state index is 0.250. The molecule has 0 aromatic heterocycles. The zero-order valence-corrected chi connectivity index (χ0v) is 9.73. The summed E-state index contributed by atoms with van der Waals surface area (Å²) in [4.78, 5) is 27.3. The van der Waals surface area contributed by atoms with Crippen LogP contribution in [0.5, 0.6) is 0 Å². The lowest BCUT2D eigenvalue weighted by Crippen LogP contribution is -2.02. The third-order valence-corrected chi connectivity index (χ3v) is 2.67. The Kier molecular flexibility index (Phi) is 5.05. The van der Waals surface area contributed by atoms with Crippen molar-refractivity contribution in [3.63, 3.8) is 0 Å². The third-order valence-electron chi connectivity index (χ3n) is 2.67. The number of aryl methyl sites for hydroxylation is 1. The molecule has 0 saturated carbocycles. The van der Waals surface area contributed by atoms with Crippen molar-refractivity contribution in [2.45, 2.75) is 26.2 Å². The van der Waals surface area contributed by atoms with Gasteiger partial charge in [0.1, 0.15) is 5.78 Å². The van der Waals surface area contributed by atoms with Crippen molar-refractivity contribution in [3.05, 3.63) is 41.5 Å². The first-order valence-electron chi connectivity index (χ1n) is 5.44. The normalized spacial score (nSPS) is 14.2. The lowest BCUT2D eigenvalue weighted by molar-refractivity contribution is -0.191. The van der Waals surface area contributed by atoms with Gasteiger partial charge in [-0.2, -0.15) is 9.59 Å². The SMILES string of the molecule is Cc1ccc(C2=CCC(=O)CC2)cc1.O=C=O. The Morgan fingerprint density at radius 3 is 2.12 bits per heavy atom. The van der Waals surface area contributed by atoms with Gasteiger partial charge in [-0.25, -0.2) is 0 Å². The monoisotopic (exact) mass is 230 g/mol. The van der Waals surface area contributed by atoms with Crippen molar-refractivity contribution in [3.8, 4) is 0 Å². The number of Topliss-reactive ketones (excluding diaryl/α,β-unsaturated/α-hetero) is 1. The Bertz CT molecular complexity index is 449. The van der Waals surface area contributed by atoms with Gasteiger partial charge in [-0.1, -0.05) is 35.9 Å². The molecule has 0 heterocycles. The fourth-order valence-electron chi connectivity index (χ4n) is 1.75. The number of rotatable bonds is 1. The molecule has 0 bridgehead atoms. The number of carbonyl (C=O) groups is 1. The Morgan fingerprint density at radius 2 is 1.65 bits per heavy atom. The molecule has 0 unspecified atom stereocenters. The topological polar surface area (TPSA) is 51.2 Å². The summed E-state index contributed by atoms with van der Waals surface area (Å²) >= 11 is 0. The first kappa shape index (κ1) is 13.1. The van der Waals surface area contributed by atoms with Gasteiger partial charge >= 0.3 is 6.15 Å². The van der Waals surface area contributed by atoms with Gasteiger partial charge in [0.2, 0.25) is 0 Å². The average molecular weight is 230 g/mol. The zero-order valence-electron chi connectivity index (χ0n) is 9.73. The van der Waals surface area contributed by atoms with Crippen LogP contribution in [0.1, 0.15) is 30.4 Å². The van der Waals surface area contributed by atoms with Crippen molar-refractivity contribution < 1.29 is 14.4 Å². The molecule has 1 aliphatic carbocycles. The molecular formula is C14H14O3. The summed E-state index contributed by atoms with van der Waals surface area (Å²) in [7, 11) is 0. The van der Waals surface area contributed by atoms with Crippen molar-refractivity contribution in [1.82, 2.24) is 0 Å². The van der Waals surface area contributed by atoms with Gasteiger partial charge in [-0.3, -0.25) is 4.79 Å². The van der Waals surface area contributed by atoms with E-state index in [9.17, 15) is 4.79 Å².